The zero-order valence-electron chi connectivity index (χ0n) is 26.5. The molecule has 0 spiro atoms. The molecule has 44 heavy (non-hydrogen) atoms. The monoisotopic (exact) mass is 594 g/mol. The van der Waals surface area contributed by atoms with Crippen LogP contribution in [0.5, 0.6) is 0 Å². The van der Waals surface area contributed by atoms with Gasteiger partial charge in [-0.3, -0.25) is 14.4 Å². The smallest absolute Gasteiger partial charge is 0.321 e. The minimum absolute atomic E-state index is 0.114. The number of piperidine rings is 1. The molecule has 7 rings (SSSR count). The molecule has 0 bridgehead atoms. The summed E-state index contributed by atoms with van der Waals surface area (Å²) < 4.78 is 2.29. The van der Waals surface area contributed by atoms with E-state index in [2.05, 4.69) is 88.1 Å². The van der Waals surface area contributed by atoms with E-state index in [1.54, 1.807) is 0 Å². The van der Waals surface area contributed by atoms with Crippen LogP contribution in [0.3, 0.4) is 0 Å². The number of rotatable bonds is 10. The molecule has 0 unspecified atom stereocenters. The lowest BCUT2D eigenvalue weighted by molar-refractivity contribution is -0.145. The highest BCUT2D eigenvalue weighted by Crippen LogP contribution is 2.53. The van der Waals surface area contributed by atoms with Crippen LogP contribution in [-0.4, -0.2) is 69.4 Å². The van der Waals surface area contributed by atoms with Crippen LogP contribution in [0.2, 0.25) is 0 Å². The zero-order valence-corrected chi connectivity index (χ0v) is 26.5. The van der Waals surface area contributed by atoms with Crippen LogP contribution in [-0.2, 0) is 16.8 Å². The Balaban J connectivity index is 1.04. The minimum atomic E-state index is -0.614. The van der Waals surface area contributed by atoms with Gasteiger partial charge in [-0.2, -0.15) is 5.10 Å². The van der Waals surface area contributed by atoms with Gasteiger partial charge in [0.05, 0.1) is 5.69 Å². The Morgan fingerprint density at radius 3 is 2.25 bits per heavy atom. The molecule has 0 amide bonds. The van der Waals surface area contributed by atoms with Gasteiger partial charge in [-0.15, -0.1) is 0 Å². The maximum atomic E-state index is 12.6. The highest BCUT2D eigenvalue weighted by Gasteiger charge is 2.48. The van der Waals surface area contributed by atoms with Crippen molar-refractivity contribution >= 4 is 5.97 Å². The molecule has 1 N–H and O–H groups in total. The van der Waals surface area contributed by atoms with Crippen LogP contribution in [0.15, 0.2) is 66.7 Å². The van der Waals surface area contributed by atoms with E-state index in [-0.39, 0.29) is 17.4 Å². The predicted octanol–water partition coefficient (Wildman–Crippen LogP) is 6.91. The first-order valence-corrected chi connectivity index (χ1v) is 17.4. The van der Waals surface area contributed by atoms with E-state index in [0.29, 0.717) is 17.8 Å². The lowest BCUT2D eigenvalue weighted by Crippen LogP contribution is -2.46. The van der Waals surface area contributed by atoms with E-state index in [0.717, 1.165) is 65.0 Å². The standard InChI is InChI=1S/C38H50N4O2/c1-2-42-34(24-35(39-42)38(20-21-38)32-16-10-5-11-17-32)29-18-22-40(23-19-29)25-31-26-41(27-33(31)28-12-6-3-7-13-28)36(37(43)44)30-14-8-4-9-15-30/h3,5-7,10-13,16-17,24,29-31,33,36H,2,4,8-9,14-15,18-23,25-27H2,1H3,(H,43,44)/t31-,33+,36+/m0/s1. The number of aliphatic carboxylic acids is 1. The van der Waals surface area contributed by atoms with E-state index >= 15 is 0 Å². The number of carboxylic acids is 1. The first-order valence-electron chi connectivity index (χ1n) is 17.4. The van der Waals surface area contributed by atoms with Gasteiger partial charge in [0.15, 0.2) is 0 Å². The van der Waals surface area contributed by atoms with Gasteiger partial charge in [-0.05, 0) is 87.6 Å². The molecular formula is C38H50N4O2. The SMILES string of the molecule is CCn1nc(C2(c3ccccc3)CC2)cc1C1CCN(C[C@H]2CN([C@@H](C(=O)O)C3CCCCC3)C[C@@H]2c2ccccc2)CC1. The van der Waals surface area contributed by atoms with E-state index in [1.165, 1.54) is 54.6 Å². The number of aromatic nitrogens is 2. The molecule has 4 fully saturated rings. The Morgan fingerprint density at radius 2 is 1.61 bits per heavy atom. The van der Waals surface area contributed by atoms with Crippen LogP contribution in [0.25, 0.3) is 0 Å². The summed E-state index contributed by atoms with van der Waals surface area (Å²) >= 11 is 0. The second-order valence-corrected chi connectivity index (χ2v) is 14.2. The molecule has 2 saturated carbocycles. The molecule has 0 radical (unpaired) electrons. The molecule has 3 heterocycles. The van der Waals surface area contributed by atoms with E-state index < -0.39 is 5.97 Å². The summed E-state index contributed by atoms with van der Waals surface area (Å²) in [6, 6.07) is 24.0. The zero-order chi connectivity index (χ0) is 30.1. The van der Waals surface area contributed by atoms with Crippen molar-refractivity contribution < 1.29 is 9.90 Å². The molecule has 2 aliphatic heterocycles. The summed E-state index contributed by atoms with van der Waals surface area (Å²) in [5.41, 5.74) is 5.59. The topological polar surface area (TPSA) is 61.6 Å². The Morgan fingerprint density at radius 1 is 0.932 bits per heavy atom. The number of aryl methyl sites for hydroxylation is 1. The fraction of sp³-hybridized carbons (Fsp3) is 0.579. The van der Waals surface area contributed by atoms with Crippen molar-refractivity contribution in [2.45, 2.75) is 94.5 Å². The number of hydrogen-bond acceptors (Lipinski definition) is 4. The number of carbonyl (C=O) groups is 1. The van der Waals surface area contributed by atoms with Gasteiger partial charge in [-0.1, -0.05) is 79.9 Å². The first-order chi connectivity index (χ1) is 21.6. The number of hydrogen-bond donors (Lipinski definition) is 1. The van der Waals surface area contributed by atoms with Gasteiger partial charge < -0.3 is 10.0 Å². The van der Waals surface area contributed by atoms with Crippen molar-refractivity contribution in [3.63, 3.8) is 0 Å². The Hall–Kier alpha value is -2.96. The van der Waals surface area contributed by atoms with Gasteiger partial charge in [-0.25, -0.2) is 0 Å². The molecule has 3 aromatic rings. The first kappa shape index (κ1) is 29.7. The van der Waals surface area contributed by atoms with Crippen molar-refractivity contribution in [2.75, 3.05) is 32.7 Å². The highest BCUT2D eigenvalue weighted by molar-refractivity contribution is 5.74. The number of likely N-dealkylation sites (tertiary alicyclic amines) is 2. The van der Waals surface area contributed by atoms with E-state index in [4.69, 9.17) is 5.10 Å². The van der Waals surface area contributed by atoms with Crippen molar-refractivity contribution in [2.24, 2.45) is 11.8 Å². The summed E-state index contributed by atoms with van der Waals surface area (Å²) in [7, 11) is 0. The van der Waals surface area contributed by atoms with Crippen LogP contribution >= 0.6 is 0 Å². The quantitative estimate of drug-likeness (QED) is 0.276. The maximum absolute atomic E-state index is 12.6. The second kappa shape index (κ2) is 12.8. The summed E-state index contributed by atoms with van der Waals surface area (Å²) in [6.07, 6.45) is 10.4. The molecule has 6 heteroatoms. The molecule has 2 aromatic carbocycles. The van der Waals surface area contributed by atoms with Crippen molar-refractivity contribution in [1.82, 2.24) is 19.6 Å². The normalized spacial score (nSPS) is 25.7. The average molecular weight is 595 g/mol. The van der Waals surface area contributed by atoms with Gasteiger partial charge >= 0.3 is 5.97 Å². The summed E-state index contributed by atoms with van der Waals surface area (Å²) in [6.45, 7) is 8.15. The molecule has 2 saturated heterocycles. The lowest BCUT2D eigenvalue weighted by atomic mass is 9.83. The van der Waals surface area contributed by atoms with Gasteiger partial charge in [0, 0.05) is 49.1 Å². The van der Waals surface area contributed by atoms with Crippen molar-refractivity contribution in [3.8, 4) is 0 Å². The largest absolute Gasteiger partial charge is 0.480 e. The van der Waals surface area contributed by atoms with Crippen molar-refractivity contribution in [1.29, 1.82) is 0 Å². The van der Waals surface area contributed by atoms with E-state index in [9.17, 15) is 9.90 Å². The number of nitrogens with zero attached hydrogens (tertiary/aromatic N) is 4. The predicted molar refractivity (Wildman–Crippen MR) is 175 cm³/mol. The Bertz CT molecular complexity index is 1390. The molecule has 1 aromatic heterocycles. The highest BCUT2D eigenvalue weighted by atomic mass is 16.4. The average Bonchev–Trinajstić information content (AvgIpc) is 3.60. The summed E-state index contributed by atoms with van der Waals surface area (Å²) in [5.74, 6) is 1.06. The van der Waals surface area contributed by atoms with Crippen LogP contribution < -0.4 is 0 Å². The van der Waals surface area contributed by atoms with Gasteiger partial charge in [0.2, 0.25) is 0 Å². The third-order valence-corrected chi connectivity index (χ3v) is 11.6. The van der Waals surface area contributed by atoms with E-state index in [1.807, 2.05) is 0 Å². The van der Waals surface area contributed by atoms with Crippen LogP contribution in [0.4, 0.5) is 0 Å². The molecule has 2 aliphatic carbocycles. The van der Waals surface area contributed by atoms with Crippen molar-refractivity contribution in [3.05, 3.63) is 89.2 Å². The lowest BCUT2D eigenvalue weighted by Gasteiger charge is -2.35. The fourth-order valence-electron chi connectivity index (χ4n) is 9.07. The molecular weight excluding hydrogens is 544 g/mol. The number of carboxylic acid groups (broad SMARTS) is 1. The Kier molecular flexibility index (Phi) is 8.65. The molecule has 3 atom stereocenters. The number of benzene rings is 2. The fourth-order valence-corrected chi connectivity index (χ4v) is 9.07. The maximum Gasteiger partial charge on any atom is 0.321 e. The molecule has 4 aliphatic rings. The Labute approximate surface area is 263 Å². The summed E-state index contributed by atoms with van der Waals surface area (Å²) in [5, 5.41) is 15.6. The van der Waals surface area contributed by atoms with Crippen LogP contribution in [0, 0.1) is 11.8 Å². The van der Waals surface area contributed by atoms with Crippen LogP contribution in [0.1, 0.15) is 99.1 Å². The second-order valence-electron chi connectivity index (χ2n) is 14.2. The third kappa shape index (κ3) is 5.88. The molecule has 6 nitrogen and oxygen atoms in total. The van der Waals surface area contributed by atoms with Gasteiger partial charge in [0.1, 0.15) is 6.04 Å². The summed E-state index contributed by atoms with van der Waals surface area (Å²) in [4.78, 5) is 17.7. The molecule has 234 valence electrons. The van der Waals surface area contributed by atoms with Gasteiger partial charge in [0.25, 0.3) is 0 Å². The minimum Gasteiger partial charge on any atom is -0.480 e. The third-order valence-electron chi connectivity index (χ3n) is 11.6.